The largest absolute Gasteiger partial charge is 0.460 e. The number of carbonyl (C=O) groups excluding carboxylic acids is 3. The predicted molar refractivity (Wildman–Crippen MR) is 128 cm³/mol. The van der Waals surface area contributed by atoms with Gasteiger partial charge in [0.05, 0.1) is 12.0 Å². The molecular weight excluding hydrogens is 441 g/mol. The van der Waals surface area contributed by atoms with Gasteiger partial charge >= 0.3 is 5.97 Å². The van der Waals surface area contributed by atoms with Crippen molar-refractivity contribution in [3.8, 4) is 0 Å². The Morgan fingerprint density at radius 3 is 2.47 bits per heavy atom. The lowest BCUT2D eigenvalue weighted by Crippen LogP contribution is -2.36. The molecule has 0 radical (unpaired) electrons. The summed E-state index contributed by atoms with van der Waals surface area (Å²) in [7, 11) is 0. The van der Waals surface area contributed by atoms with Crippen LogP contribution in [0.25, 0.3) is 0 Å². The molecular formula is C24H36FN5O4. The Morgan fingerprint density at radius 2 is 1.88 bits per heavy atom. The third-order valence-electron chi connectivity index (χ3n) is 5.12. The molecule has 1 aromatic carbocycles. The van der Waals surface area contributed by atoms with Gasteiger partial charge in [-0.05, 0) is 71.6 Å². The van der Waals surface area contributed by atoms with Gasteiger partial charge < -0.3 is 20.8 Å². The highest BCUT2D eigenvalue weighted by atomic mass is 19.1. The fourth-order valence-corrected chi connectivity index (χ4v) is 3.36. The van der Waals surface area contributed by atoms with Gasteiger partial charge in [0.1, 0.15) is 11.4 Å². The molecule has 0 spiro atoms. The van der Waals surface area contributed by atoms with Gasteiger partial charge in [-0.25, -0.2) is 4.39 Å². The van der Waals surface area contributed by atoms with Crippen LogP contribution in [-0.4, -0.2) is 48.2 Å². The molecule has 1 aromatic rings. The van der Waals surface area contributed by atoms with Crippen molar-refractivity contribution in [2.45, 2.75) is 78.0 Å². The molecule has 0 aromatic heterocycles. The van der Waals surface area contributed by atoms with Crippen LogP contribution in [0, 0.1) is 17.1 Å². The van der Waals surface area contributed by atoms with Crippen molar-refractivity contribution in [3.05, 3.63) is 29.1 Å². The lowest BCUT2D eigenvalue weighted by molar-refractivity contribution is -0.155. The summed E-state index contributed by atoms with van der Waals surface area (Å²) in [5.74, 6) is -1.60. The van der Waals surface area contributed by atoms with Crippen LogP contribution in [0.1, 0.15) is 76.2 Å². The van der Waals surface area contributed by atoms with Gasteiger partial charge in [0.15, 0.2) is 0 Å². The number of carbonyl (C=O) groups is 3. The molecule has 0 aliphatic heterocycles. The van der Waals surface area contributed by atoms with Crippen molar-refractivity contribution < 1.29 is 23.5 Å². The van der Waals surface area contributed by atoms with E-state index in [0.717, 1.165) is 18.9 Å². The number of benzene rings is 1. The second kappa shape index (κ2) is 11.9. The van der Waals surface area contributed by atoms with Crippen LogP contribution in [-0.2, 0) is 14.3 Å². The molecule has 2 amide bonds. The van der Waals surface area contributed by atoms with Crippen LogP contribution >= 0.6 is 0 Å². The molecule has 2 rings (SSSR count). The highest BCUT2D eigenvalue weighted by Gasteiger charge is 2.26. The minimum Gasteiger partial charge on any atom is -0.460 e. The monoisotopic (exact) mass is 477 g/mol. The maximum atomic E-state index is 14.9. The quantitative estimate of drug-likeness (QED) is 0.128. The number of esters is 1. The first-order chi connectivity index (χ1) is 15.9. The summed E-state index contributed by atoms with van der Waals surface area (Å²) in [4.78, 5) is 34.7. The normalized spacial score (nSPS) is 15.1. The number of nitrogens with one attached hydrogen (secondary N) is 5. The van der Waals surface area contributed by atoms with Crippen LogP contribution < -0.4 is 21.5 Å². The summed E-state index contributed by atoms with van der Waals surface area (Å²) < 4.78 is 20.2. The van der Waals surface area contributed by atoms with E-state index >= 15 is 0 Å². The lowest BCUT2D eigenvalue weighted by Gasteiger charge is -2.22. The van der Waals surface area contributed by atoms with E-state index in [0.29, 0.717) is 25.1 Å². The first-order valence-electron chi connectivity index (χ1n) is 11.5. The highest BCUT2D eigenvalue weighted by Crippen LogP contribution is 2.29. The lowest BCUT2D eigenvalue weighted by atomic mass is 9.96. The Labute approximate surface area is 200 Å². The number of rotatable bonds is 13. The third-order valence-corrected chi connectivity index (χ3v) is 5.12. The Balaban J connectivity index is 1.99. The Morgan fingerprint density at radius 1 is 1.21 bits per heavy atom. The van der Waals surface area contributed by atoms with Crippen LogP contribution in [0.15, 0.2) is 12.1 Å². The number of hydrogen-bond acceptors (Lipinski definition) is 7. The molecule has 2 unspecified atom stereocenters. The number of ether oxygens (including phenoxy) is 1. The average Bonchev–Trinajstić information content (AvgIpc) is 3.54. The van der Waals surface area contributed by atoms with Crippen LogP contribution in [0.3, 0.4) is 0 Å². The molecule has 0 bridgehead atoms. The summed E-state index contributed by atoms with van der Waals surface area (Å²) >= 11 is 0. The van der Waals surface area contributed by atoms with Gasteiger partial charge in [0, 0.05) is 29.0 Å². The second-order valence-electron chi connectivity index (χ2n) is 9.90. The molecule has 1 saturated carbocycles. The van der Waals surface area contributed by atoms with Gasteiger partial charge in [0.2, 0.25) is 6.41 Å². The number of hydrogen-bond donors (Lipinski definition) is 5. The molecule has 0 heterocycles. The van der Waals surface area contributed by atoms with E-state index in [-0.39, 0.29) is 47.2 Å². The smallest absolute Gasteiger partial charge is 0.307 e. The minimum absolute atomic E-state index is 0.00703. The van der Waals surface area contributed by atoms with Crippen molar-refractivity contribution in [2.75, 3.05) is 11.9 Å². The third kappa shape index (κ3) is 9.09. The zero-order valence-corrected chi connectivity index (χ0v) is 20.5. The van der Waals surface area contributed by atoms with E-state index in [9.17, 15) is 18.8 Å². The molecule has 5 N–H and O–H groups in total. The predicted octanol–water partition coefficient (Wildman–Crippen LogP) is 2.89. The molecule has 1 aliphatic carbocycles. The minimum atomic E-state index is -0.680. The van der Waals surface area contributed by atoms with E-state index in [4.69, 9.17) is 10.1 Å². The van der Waals surface area contributed by atoms with Gasteiger partial charge in [-0.1, -0.05) is 6.92 Å². The molecule has 0 saturated heterocycles. The number of amides is 2. The van der Waals surface area contributed by atoms with E-state index in [1.54, 1.807) is 0 Å². The van der Waals surface area contributed by atoms with Crippen molar-refractivity contribution in [3.63, 3.8) is 0 Å². The molecule has 34 heavy (non-hydrogen) atoms. The Kier molecular flexibility index (Phi) is 9.55. The Hall–Kier alpha value is -3.01. The molecule has 1 aliphatic rings. The van der Waals surface area contributed by atoms with Crippen molar-refractivity contribution in [1.82, 2.24) is 16.2 Å². The summed E-state index contributed by atoms with van der Waals surface area (Å²) in [5, 5.41) is 14.9. The topological polar surface area (TPSA) is 132 Å². The standard InChI is InChI=1S/C24H36FN5O4/c1-14(12-27-15(2)9-22(32)34-24(3,4)5)8-20(26)17-11-21(29-16-6-7-16)18(10-19(17)25)23(33)30-28-13-31/h10-11,13-16,26-27,29H,6-9,12H2,1-5H3,(H,28,31)(H,30,33). The van der Waals surface area contributed by atoms with E-state index in [1.807, 2.05) is 34.6 Å². The summed E-state index contributed by atoms with van der Waals surface area (Å²) in [6.07, 6.45) is 2.75. The Bertz CT molecular complexity index is 911. The van der Waals surface area contributed by atoms with Crippen molar-refractivity contribution in [2.24, 2.45) is 5.92 Å². The number of anilines is 1. The molecule has 2 atom stereocenters. The second-order valence-corrected chi connectivity index (χ2v) is 9.90. The molecule has 188 valence electrons. The maximum Gasteiger partial charge on any atom is 0.307 e. The number of halogens is 1. The molecule has 9 nitrogen and oxygen atoms in total. The van der Waals surface area contributed by atoms with Crippen LogP contribution in [0.5, 0.6) is 0 Å². The fraction of sp³-hybridized carbons (Fsp3) is 0.583. The first kappa shape index (κ1) is 27.2. The maximum absolute atomic E-state index is 14.9. The van der Waals surface area contributed by atoms with Gasteiger partial charge in [-0.3, -0.25) is 25.2 Å². The van der Waals surface area contributed by atoms with Crippen molar-refractivity contribution >= 4 is 29.7 Å². The fourth-order valence-electron chi connectivity index (χ4n) is 3.36. The average molecular weight is 478 g/mol. The SMILES string of the molecule is CC(CNC(C)CC(=O)OC(C)(C)C)CC(=N)c1cc(NC2CC2)c(C(=O)NNC=O)cc1F. The van der Waals surface area contributed by atoms with Crippen LogP contribution in [0.2, 0.25) is 0 Å². The summed E-state index contributed by atoms with van der Waals surface area (Å²) in [6, 6.07) is 2.67. The van der Waals surface area contributed by atoms with E-state index in [2.05, 4.69) is 21.5 Å². The molecule has 10 heteroatoms. The van der Waals surface area contributed by atoms with Crippen molar-refractivity contribution in [1.29, 1.82) is 5.41 Å². The zero-order chi connectivity index (χ0) is 25.5. The summed E-state index contributed by atoms with van der Waals surface area (Å²) in [6.45, 7) is 9.84. The first-order valence-corrected chi connectivity index (χ1v) is 11.5. The molecule has 1 fully saturated rings. The van der Waals surface area contributed by atoms with Gasteiger partial charge in [-0.2, -0.15) is 0 Å². The number of hydrazine groups is 1. The summed E-state index contributed by atoms with van der Waals surface area (Å²) in [5.41, 5.74) is 4.43. The van der Waals surface area contributed by atoms with Gasteiger partial charge in [0.25, 0.3) is 5.91 Å². The van der Waals surface area contributed by atoms with Gasteiger partial charge in [-0.15, -0.1) is 0 Å². The van der Waals surface area contributed by atoms with E-state index < -0.39 is 17.3 Å². The van der Waals surface area contributed by atoms with Crippen LogP contribution in [0.4, 0.5) is 10.1 Å². The van der Waals surface area contributed by atoms with E-state index in [1.165, 1.54) is 6.07 Å². The zero-order valence-electron chi connectivity index (χ0n) is 20.5. The highest BCUT2D eigenvalue weighted by molar-refractivity contribution is 6.04.